The van der Waals surface area contributed by atoms with Crippen molar-refractivity contribution in [3.05, 3.63) is 35.4 Å². The molecule has 0 aliphatic carbocycles. The second-order valence-electron chi connectivity index (χ2n) is 3.44. The lowest BCUT2D eigenvalue weighted by atomic mass is 10.0. The van der Waals surface area contributed by atoms with Crippen LogP contribution >= 0.6 is 0 Å². The number of hydrogen-bond acceptors (Lipinski definition) is 1. The van der Waals surface area contributed by atoms with Crippen LogP contribution in [0.15, 0.2) is 24.3 Å². The van der Waals surface area contributed by atoms with E-state index in [1.165, 1.54) is 18.2 Å². The van der Waals surface area contributed by atoms with Crippen molar-refractivity contribution in [1.29, 1.82) is 0 Å². The predicted octanol–water partition coefficient (Wildman–Crippen LogP) is 3.18. The summed E-state index contributed by atoms with van der Waals surface area (Å²) in [5.74, 6) is -0.767. The normalized spacial score (nSPS) is 13.6. The van der Waals surface area contributed by atoms with Crippen molar-refractivity contribution < 1.29 is 22.4 Å². The maximum Gasteiger partial charge on any atom is 0.416 e. The highest BCUT2D eigenvalue weighted by molar-refractivity contribution is 5.80. The highest BCUT2D eigenvalue weighted by atomic mass is 19.4. The van der Waals surface area contributed by atoms with Gasteiger partial charge in [0.1, 0.15) is 0 Å². The summed E-state index contributed by atoms with van der Waals surface area (Å²) >= 11 is 0. The Labute approximate surface area is 90.1 Å². The molecule has 5 heteroatoms. The first-order chi connectivity index (χ1) is 7.32. The standard InChI is InChI=1S/C11H10F4O/c1-7(16)10(12)6-8-4-2-3-5-9(8)11(13,14)15/h2-5,10H,6H2,1H3. The summed E-state index contributed by atoms with van der Waals surface area (Å²) in [5, 5.41) is 0. The summed E-state index contributed by atoms with van der Waals surface area (Å²) in [6.45, 7) is 1.01. The quantitative estimate of drug-likeness (QED) is 0.734. The molecule has 0 saturated carbocycles. The van der Waals surface area contributed by atoms with Crippen molar-refractivity contribution in [3.8, 4) is 0 Å². The monoisotopic (exact) mass is 234 g/mol. The zero-order valence-corrected chi connectivity index (χ0v) is 8.51. The summed E-state index contributed by atoms with van der Waals surface area (Å²) in [6.07, 6.45) is -6.94. The molecule has 1 atom stereocenters. The maximum absolute atomic E-state index is 13.1. The maximum atomic E-state index is 13.1. The van der Waals surface area contributed by atoms with Crippen LogP contribution < -0.4 is 0 Å². The molecule has 0 amide bonds. The molecule has 16 heavy (non-hydrogen) atoms. The molecule has 0 aliphatic rings. The number of hydrogen-bond donors (Lipinski definition) is 0. The molecule has 0 spiro atoms. The number of benzene rings is 1. The van der Waals surface area contributed by atoms with Gasteiger partial charge in [-0.2, -0.15) is 13.2 Å². The fourth-order valence-electron chi connectivity index (χ4n) is 1.31. The molecule has 1 aromatic rings. The van der Waals surface area contributed by atoms with Crippen molar-refractivity contribution >= 4 is 5.78 Å². The van der Waals surface area contributed by atoms with E-state index in [4.69, 9.17) is 0 Å². The summed E-state index contributed by atoms with van der Waals surface area (Å²) in [6, 6.07) is 4.67. The van der Waals surface area contributed by atoms with Gasteiger partial charge in [-0.15, -0.1) is 0 Å². The van der Waals surface area contributed by atoms with Crippen LogP contribution in [0.5, 0.6) is 0 Å². The molecule has 0 heterocycles. The molecule has 0 N–H and O–H groups in total. The number of alkyl halides is 4. The van der Waals surface area contributed by atoms with E-state index in [-0.39, 0.29) is 5.56 Å². The van der Waals surface area contributed by atoms with Crippen molar-refractivity contribution in [2.45, 2.75) is 25.7 Å². The molecule has 0 aromatic heterocycles. The molecule has 0 fully saturated rings. The number of carbonyl (C=O) groups is 1. The third kappa shape index (κ3) is 3.05. The molecular weight excluding hydrogens is 224 g/mol. The van der Waals surface area contributed by atoms with Gasteiger partial charge in [0.05, 0.1) is 5.56 Å². The van der Waals surface area contributed by atoms with Gasteiger partial charge in [0.2, 0.25) is 0 Å². The van der Waals surface area contributed by atoms with Gasteiger partial charge in [-0.25, -0.2) is 4.39 Å². The summed E-state index contributed by atoms with van der Waals surface area (Å²) in [7, 11) is 0. The minimum atomic E-state index is -4.52. The molecular formula is C11H10F4O. The first kappa shape index (κ1) is 12.7. The second-order valence-corrected chi connectivity index (χ2v) is 3.44. The lowest BCUT2D eigenvalue weighted by Crippen LogP contribution is -2.18. The van der Waals surface area contributed by atoms with E-state index in [9.17, 15) is 22.4 Å². The summed E-state index contributed by atoms with van der Waals surface area (Å²) in [4.78, 5) is 10.7. The van der Waals surface area contributed by atoms with Gasteiger partial charge >= 0.3 is 6.18 Å². The van der Waals surface area contributed by atoms with Crippen LogP contribution in [0.4, 0.5) is 17.6 Å². The van der Waals surface area contributed by atoms with Crippen molar-refractivity contribution in [2.24, 2.45) is 0 Å². The van der Waals surface area contributed by atoms with Crippen LogP contribution in [-0.4, -0.2) is 12.0 Å². The van der Waals surface area contributed by atoms with Gasteiger partial charge in [0.25, 0.3) is 0 Å². The number of ketones is 1. The molecule has 0 radical (unpaired) electrons. The van der Waals surface area contributed by atoms with E-state index in [2.05, 4.69) is 0 Å². The smallest absolute Gasteiger partial charge is 0.297 e. The van der Waals surface area contributed by atoms with Crippen LogP contribution in [0.2, 0.25) is 0 Å². The third-order valence-electron chi connectivity index (χ3n) is 2.16. The van der Waals surface area contributed by atoms with Gasteiger partial charge in [-0.3, -0.25) is 4.79 Å². The van der Waals surface area contributed by atoms with E-state index in [1.54, 1.807) is 0 Å². The Morgan fingerprint density at radius 3 is 2.38 bits per heavy atom. The van der Waals surface area contributed by atoms with Crippen molar-refractivity contribution in [1.82, 2.24) is 0 Å². The number of halogens is 4. The van der Waals surface area contributed by atoms with Crippen LogP contribution in [0.1, 0.15) is 18.1 Å². The Bertz CT molecular complexity index is 384. The molecule has 1 rings (SSSR count). The average molecular weight is 234 g/mol. The van der Waals surface area contributed by atoms with Gasteiger partial charge in [-0.05, 0) is 18.6 Å². The minimum absolute atomic E-state index is 0.197. The van der Waals surface area contributed by atoms with E-state index in [0.717, 1.165) is 13.0 Å². The lowest BCUT2D eigenvalue weighted by molar-refractivity contribution is -0.138. The van der Waals surface area contributed by atoms with Gasteiger partial charge < -0.3 is 0 Å². The first-order valence-electron chi connectivity index (χ1n) is 4.62. The number of rotatable bonds is 3. The molecule has 1 aromatic carbocycles. The fraction of sp³-hybridized carbons (Fsp3) is 0.364. The summed E-state index contributed by atoms with van der Waals surface area (Å²) < 4.78 is 50.5. The van der Waals surface area contributed by atoms with E-state index >= 15 is 0 Å². The molecule has 1 nitrogen and oxygen atoms in total. The fourth-order valence-corrected chi connectivity index (χ4v) is 1.31. The van der Waals surface area contributed by atoms with Gasteiger partial charge in [-0.1, -0.05) is 18.2 Å². The number of Topliss-reactive ketones (excluding diaryl/α,β-unsaturated/α-hetero) is 1. The average Bonchev–Trinajstić information content (AvgIpc) is 2.16. The minimum Gasteiger partial charge on any atom is -0.297 e. The highest BCUT2D eigenvalue weighted by Crippen LogP contribution is 2.32. The topological polar surface area (TPSA) is 17.1 Å². The molecule has 0 saturated heterocycles. The third-order valence-corrected chi connectivity index (χ3v) is 2.16. The summed E-state index contributed by atoms with van der Waals surface area (Å²) in [5.41, 5.74) is -1.09. The lowest BCUT2D eigenvalue weighted by Gasteiger charge is -2.13. The molecule has 0 aliphatic heterocycles. The first-order valence-corrected chi connectivity index (χ1v) is 4.62. The predicted molar refractivity (Wildman–Crippen MR) is 50.7 cm³/mol. The number of carbonyl (C=O) groups excluding carboxylic acids is 1. The Kier molecular flexibility index (Phi) is 3.67. The van der Waals surface area contributed by atoms with E-state index in [1.807, 2.05) is 0 Å². The van der Waals surface area contributed by atoms with Crippen LogP contribution in [-0.2, 0) is 17.4 Å². The second kappa shape index (κ2) is 4.63. The van der Waals surface area contributed by atoms with Crippen molar-refractivity contribution in [3.63, 3.8) is 0 Å². The SMILES string of the molecule is CC(=O)C(F)Cc1ccccc1C(F)(F)F. The molecule has 88 valence electrons. The van der Waals surface area contributed by atoms with E-state index in [0.29, 0.717) is 0 Å². The highest BCUT2D eigenvalue weighted by Gasteiger charge is 2.33. The van der Waals surface area contributed by atoms with Gasteiger partial charge in [0, 0.05) is 6.42 Å². The molecule has 1 unspecified atom stereocenters. The Balaban J connectivity index is 3.01. The Morgan fingerprint density at radius 1 is 1.31 bits per heavy atom. The van der Waals surface area contributed by atoms with Crippen molar-refractivity contribution in [2.75, 3.05) is 0 Å². The van der Waals surface area contributed by atoms with Crippen LogP contribution in [0.3, 0.4) is 0 Å². The van der Waals surface area contributed by atoms with Crippen LogP contribution in [0.25, 0.3) is 0 Å². The Hall–Kier alpha value is -1.39. The Morgan fingerprint density at radius 2 is 1.88 bits per heavy atom. The zero-order valence-electron chi connectivity index (χ0n) is 8.51. The zero-order chi connectivity index (χ0) is 12.3. The molecule has 0 bridgehead atoms. The van der Waals surface area contributed by atoms with Crippen LogP contribution in [0, 0.1) is 0 Å². The van der Waals surface area contributed by atoms with Gasteiger partial charge in [0.15, 0.2) is 12.0 Å². The largest absolute Gasteiger partial charge is 0.416 e. The van der Waals surface area contributed by atoms with E-state index < -0.39 is 30.1 Å².